The molecule has 6 heteroatoms. The van der Waals surface area contributed by atoms with Crippen LogP contribution in [0.4, 0.5) is 5.69 Å². The Morgan fingerprint density at radius 2 is 2.04 bits per heavy atom. The van der Waals surface area contributed by atoms with Crippen LogP contribution < -0.4 is 15.5 Å². The fourth-order valence-corrected chi connectivity index (χ4v) is 2.48. The number of hydrazone groups is 1. The Hall–Kier alpha value is -2.34. The second-order valence-corrected chi connectivity index (χ2v) is 6.22. The zero-order valence-electron chi connectivity index (χ0n) is 13.8. The fraction of sp³-hybridized carbons (Fsp3) is 0.222. The first-order valence-corrected chi connectivity index (χ1v) is 8.29. The Bertz CT molecular complexity index is 747. The average molecular weight is 390 g/mol. The van der Waals surface area contributed by atoms with E-state index >= 15 is 0 Å². The van der Waals surface area contributed by atoms with Gasteiger partial charge in [0.2, 0.25) is 0 Å². The molecule has 0 aliphatic heterocycles. The van der Waals surface area contributed by atoms with Gasteiger partial charge in [-0.3, -0.25) is 4.79 Å². The van der Waals surface area contributed by atoms with Gasteiger partial charge in [-0.1, -0.05) is 34.1 Å². The van der Waals surface area contributed by atoms with Gasteiger partial charge in [-0.25, -0.2) is 5.43 Å². The van der Waals surface area contributed by atoms with Gasteiger partial charge < -0.3 is 10.1 Å². The molecule has 2 aromatic rings. The van der Waals surface area contributed by atoms with E-state index < -0.39 is 6.04 Å². The van der Waals surface area contributed by atoms with Crippen molar-refractivity contribution in [2.45, 2.75) is 19.9 Å². The standard InChI is InChI=1S/C18H20BrN3O2/c1-12-6-4-5-7-16(12)21-13(2)18(23)22-20-11-14-10-15(19)8-9-17(14)24-3/h4-11,13,21H,1-3H3,(H,22,23)/b20-11+. The largest absolute Gasteiger partial charge is 0.496 e. The first-order chi connectivity index (χ1) is 11.5. The van der Waals surface area contributed by atoms with E-state index in [1.807, 2.05) is 49.4 Å². The maximum absolute atomic E-state index is 12.1. The lowest BCUT2D eigenvalue weighted by Crippen LogP contribution is -2.35. The number of carbonyl (C=O) groups excluding carboxylic acids is 1. The topological polar surface area (TPSA) is 62.7 Å². The number of carbonyl (C=O) groups is 1. The summed E-state index contributed by atoms with van der Waals surface area (Å²) >= 11 is 3.40. The SMILES string of the molecule is COc1ccc(Br)cc1/C=N/NC(=O)C(C)Nc1ccccc1C. The van der Waals surface area contributed by atoms with Gasteiger partial charge in [0.05, 0.1) is 13.3 Å². The molecular weight excluding hydrogens is 370 g/mol. The number of ether oxygens (including phenoxy) is 1. The maximum atomic E-state index is 12.1. The summed E-state index contributed by atoms with van der Waals surface area (Å²) in [5.41, 5.74) is 5.32. The van der Waals surface area contributed by atoms with E-state index in [-0.39, 0.29) is 5.91 Å². The van der Waals surface area contributed by atoms with Crippen molar-refractivity contribution in [3.63, 3.8) is 0 Å². The van der Waals surface area contributed by atoms with Gasteiger partial charge in [0.15, 0.2) is 0 Å². The van der Waals surface area contributed by atoms with E-state index in [9.17, 15) is 4.79 Å². The maximum Gasteiger partial charge on any atom is 0.262 e. The van der Waals surface area contributed by atoms with Crippen molar-refractivity contribution >= 4 is 33.7 Å². The second-order valence-electron chi connectivity index (χ2n) is 5.30. The number of nitrogens with one attached hydrogen (secondary N) is 2. The van der Waals surface area contributed by atoms with E-state index in [1.54, 1.807) is 20.2 Å². The van der Waals surface area contributed by atoms with Gasteiger partial charge in [-0.15, -0.1) is 0 Å². The molecule has 126 valence electrons. The highest BCUT2D eigenvalue weighted by Crippen LogP contribution is 2.21. The van der Waals surface area contributed by atoms with Crippen LogP contribution in [-0.2, 0) is 4.79 Å². The van der Waals surface area contributed by atoms with Crippen LogP contribution in [0.5, 0.6) is 5.75 Å². The zero-order valence-corrected chi connectivity index (χ0v) is 15.4. The minimum Gasteiger partial charge on any atom is -0.496 e. The molecule has 0 aliphatic rings. The van der Waals surface area contributed by atoms with Crippen LogP contribution in [0.15, 0.2) is 52.0 Å². The lowest BCUT2D eigenvalue weighted by molar-refractivity contribution is -0.121. The van der Waals surface area contributed by atoms with Crippen LogP contribution >= 0.6 is 15.9 Å². The first-order valence-electron chi connectivity index (χ1n) is 7.50. The lowest BCUT2D eigenvalue weighted by atomic mass is 10.2. The van der Waals surface area contributed by atoms with Crippen molar-refractivity contribution in [3.8, 4) is 5.75 Å². The van der Waals surface area contributed by atoms with E-state index in [0.717, 1.165) is 21.3 Å². The smallest absolute Gasteiger partial charge is 0.262 e. The molecule has 0 spiro atoms. The summed E-state index contributed by atoms with van der Waals surface area (Å²) in [6.45, 7) is 3.78. The number of para-hydroxylation sites is 1. The van der Waals surface area contributed by atoms with E-state index in [4.69, 9.17) is 4.74 Å². The quantitative estimate of drug-likeness (QED) is 0.584. The van der Waals surface area contributed by atoms with Crippen LogP contribution in [0.3, 0.4) is 0 Å². The predicted molar refractivity (Wildman–Crippen MR) is 101 cm³/mol. The summed E-state index contributed by atoms with van der Waals surface area (Å²) in [5, 5.41) is 7.18. The molecule has 1 unspecified atom stereocenters. The summed E-state index contributed by atoms with van der Waals surface area (Å²) < 4.78 is 6.17. The van der Waals surface area contributed by atoms with Crippen LogP contribution in [0.2, 0.25) is 0 Å². The molecule has 2 aromatic carbocycles. The molecule has 0 aliphatic carbocycles. The van der Waals surface area contributed by atoms with Gasteiger partial charge in [-0.05, 0) is 43.7 Å². The molecule has 0 bridgehead atoms. The Kier molecular flexibility index (Phi) is 6.37. The number of anilines is 1. The minimum atomic E-state index is -0.410. The van der Waals surface area contributed by atoms with E-state index in [0.29, 0.717) is 5.75 Å². The summed E-state index contributed by atoms with van der Waals surface area (Å²) in [6, 6.07) is 13.0. The van der Waals surface area contributed by atoms with Gasteiger partial charge in [0, 0.05) is 15.7 Å². The number of amides is 1. The molecule has 0 aromatic heterocycles. The van der Waals surface area contributed by atoms with E-state index in [2.05, 4.69) is 31.8 Å². The average Bonchev–Trinajstić information content (AvgIpc) is 2.57. The number of nitrogens with zero attached hydrogens (tertiary/aromatic N) is 1. The molecule has 2 rings (SSSR count). The second kappa shape index (κ2) is 8.49. The molecule has 1 amide bonds. The Morgan fingerprint density at radius 1 is 1.29 bits per heavy atom. The van der Waals surface area contributed by atoms with Crippen molar-refractivity contribution in [2.75, 3.05) is 12.4 Å². The van der Waals surface area contributed by atoms with Gasteiger partial charge in [0.25, 0.3) is 5.91 Å². The van der Waals surface area contributed by atoms with Gasteiger partial charge >= 0.3 is 0 Å². The predicted octanol–water partition coefficient (Wildman–Crippen LogP) is 3.72. The molecule has 0 saturated carbocycles. The fourth-order valence-electron chi connectivity index (χ4n) is 2.10. The number of aryl methyl sites for hydroxylation is 1. The highest BCUT2D eigenvalue weighted by molar-refractivity contribution is 9.10. The lowest BCUT2D eigenvalue weighted by Gasteiger charge is -2.15. The van der Waals surface area contributed by atoms with Gasteiger partial charge in [-0.2, -0.15) is 5.10 Å². The number of hydrogen-bond donors (Lipinski definition) is 2. The molecule has 5 nitrogen and oxygen atoms in total. The van der Waals surface area contributed by atoms with Crippen LogP contribution in [0.25, 0.3) is 0 Å². The number of rotatable bonds is 6. The Labute approximate surface area is 150 Å². The monoisotopic (exact) mass is 389 g/mol. The molecule has 24 heavy (non-hydrogen) atoms. The Morgan fingerprint density at radius 3 is 2.75 bits per heavy atom. The normalized spacial score (nSPS) is 12.0. The summed E-state index contributed by atoms with van der Waals surface area (Å²) in [6.07, 6.45) is 1.56. The van der Waals surface area contributed by atoms with Crippen LogP contribution in [0, 0.1) is 6.92 Å². The molecule has 0 saturated heterocycles. The van der Waals surface area contributed by atoms with Crippen LogP contribution in [0.1, 0.15) is 18.1 Å². The summed E-state index contributed by atoms with van der Waals surface area (Å²) in [5.74, 6) is 0.464. The first kappa shape index (κ1) is 18.0. The summed E-state index contributed by atoms with van der Waals surface area (Å²) in [4.78, 5) is 12.1. The molecule has 0 fully saturated rings. The number of methoxy groups -OCH3 is 1. The zero-order chi connectivity index (χ0) is 17.5. The van der Waals surface area contributed by atoms with Crippen molar-refractivity contribution in [1.82, 2.24) is 5.43 Å². The number of hydrogen-bond acceptors (Lipinski definition) is 4. The number of halogens is 1. The Balaban J connectivity index is 1.97. The van der Waals surface area contributed by atoms with Crippen LogP contribution in [-0.4, -0.2) is 25.3 Å². The molecule has 0 heterocycles. The minimum absolute atomic E-state index is 0.219. The third kappa shape index (κ3) is 4.83. The number of benzene rings is 2. The molecule has 1 atom stereocenters. The van der Waals surface area contributed by atoms with Crippen molar-refractivity contribution in [3.05, 3.63) is 58.1 Å². The van der Waals surface area contributed by atoms with Gasteiger partial charge in [0.1, 0.15) is 11.8 Å². The molecular formula is C18H20BrN3O2. The molecule has 0 radical (unpaired) electrons. The third-order valence-corrected chi connectivity index (χ3v) is 3.97. The van der Waals surface area contributed by atoms with Crippen molar-refractivity contribution < 1.29 is 9.53 Å². The molecule has 2 N–H and O–H groups in total. The highest BCUT2D eigenvalue weighted by atomic mass is 79.9. The van der Waals surface area contributed by atoms with Crippen molar-refractivity contribution in [2.24, 2.45) is 5.10 Å². The summed E-state index contributed by atoms with van der Waals surface area (Å²) in [7, 11) is 1.59. The van der Waals surface area contributed by atoms with Crippen molar-refractivity contribution in [1.29, 1.82) is 0 Å². The third-order valence-electron chi connectivity index (χ3n) is 3.48. The van der Waals surface area contributed by atoms with E-state index in [1.165, 1.54) is 0 Å². The highest BCUT2D eigenvalue weighted by Gasteiger charge is 2.12.